The summed E-state index contributed by atoms with van der Waals surface area (Å²) in [6.07, 6.45) is 2.30. The molecule has 0 saturated heterocycles. The van der Waals surface area contributed by atoms with Gasteiger partial charge in [0, 0.05) is 23.9 Å². The molecule has 4 heteroatoms. The minimum atomic E-state index is -1.17. The van der Waals surface area contributed by atoms with Crippen LogP contribution in [0.3, 0.4) is 0 Å². The van der Waals surface area contributed by atoms with E-state index in [1.165, 1.54) is 17.8 Å². The first-order chi connectivity index (χ1) is 9.08. The highest BCUT2D eigenvalue weighted by Gasteiger charge is 2.22. The zero-order chi connectivity index (χ0) is 13.6. The monoisotopic (exact) mass is 255 g/mol. The Hall–Kier alpha value is -2.36. The van der Waals surface area contributed by atoms with Gasteiger partial charge >= 0.3 is 5.97 Å². The van der Waals surface area contributed by atoms with Crippen molar-refractivity contribution in [2.24, 2.45) is 0 Å². The number of rotatable bonds is 1. The Kier molecular flexibility index (Phi) is 2.52. The van der Waals surface area contributed by atoms with Gasteiger partial charge in [-0.15, -0.1) is 0 Å². The second kappa shape index (κ2) is 4.09. The standard InChI is InChI=1S/C15H13NO3/c1-9-6-10-4-2-3-5-11(10)13-7-14(17)12(15(18)19)8-16(9)13/h2-5,7-9H,6H2,1H3,(H,18,19). The molecule has 96 valence electrons. The van der Waals surface area contributed by atoms with Crippen LogP contribution in [-0.2, 0) is 6.42 Å². The van der Waals surface area contributed by atoms with Crippen molar-refractivity contribution in [3.05, 3.63) is 57.9 Å². The average molecular weight is 255 g/mol. The normalized spacial score (nSPS) is 16.6. The summed E-state index contributed by atoms with van der Waals surface area (Å²) in [6.45, 7) is 2.02. The number of hydrogen-bond donors (Lipinski definition) is 1. The minimum absolute atomic E-state index is 0.142. The van der Waals surface area contributed by atoms with Crippen LogP contribution >= 0.6 is 0 Å². The lowest BCUT2D eigenvalue weighted by molar-refractivity contribution is 0.0694. The fourth-order valence-corrected chi connectivity index (χ4v) is 2.66. The molecule has 0 bridgehead atoms. The van der Waals surface area contributed by atoms with Gasteiger partial charge in [-0.1, -0.05) is 24.3 Å². The smallest absolute Gasteiger partial charge is 0.341 e. The molecule has 19 heavy (non-hydrogen) atoms. The van der Waals surface area contributed by atoms with Gasteiger partial charge in [0.15, 0.2) is 5.43 Å². The number of nitrogens with zero attached hydrogens (tertiary/aromatic N) is 1. The highest BCUT2D eigenvalue weighted by atomic mass is 16.4. The average Bonchev–Trinajstić information content (AvgIpc) is 2.38. The third-order valence-corrected chi connectivity index (χ3v) is 3.59. The second-order valence-corrected chi connectivity index (χ2v) is 4.86. The summed E-state index contributed by atoms with van der Waals surface area (Å²) in [5.74, 6) is -1.17. The van der Waals surface area contributed by atoms with Gasteiger partial charge in [0.1, 0.15) is 5.56 Å². The van der Waals surface area contributed by atoms with Gasteiger partial charge in [-0.25, -0.2) is 4.79 Å². The highest BCUT2D eigenvalue weighted by molar-refractivity contribution is 5.87. The van der Waals surface area contributed by atoms with Crippen molar-refractivity contribution >= 4 is 5.97 Å². The molecule has 2 heterocycles. The Morgan fingerprint density at radius 1 is 1.37 bits per heavy atom. The molecule has 1 unspecified atom stereocenters. The van der Waals surface area contributed by atoms with Crippen LogP contribution in [0.4, 0.5) is 0 Å². The zero-order valence-corrected chi connectivity index (χ0v) is 10.5. The van der Waals surface area contributed by atoms with E-state index in [1.807, 2.05) is 35.8 Å². The van der Waals surface area contributed by atoms with Crippen LogP contribution < -0.4 is 5.43 Å². The number of benzene rings is 1. The quantitative estimate of drug-likeness (QED) is 0.850. The molecule has 0 radical (unpaired) electrons. The molecule has 1 aromatic heterocycles. The van der Waals surface area contributed by atoms with Crippen LogP contribution in [0.25, 0.3) is 11.3 Å². The zero-order valence-electron chi connectivity index (χ0n) is 10.5. The van der Waals surface area contributed by atoms with Crippen molar-refractivity contribution in [3.63, 3.8) is 0 Å². The SMILES string of the molecule is CC1Cc2ccccc2-c2cc(=O)c(C(=O)O)cn21. The number of aromatic nitrogens is 1. The van der Waals surface area contributed by atoms with E-state index >= 15 is 0 Å². The molecular weight excluding hydrogens is 242 g/mol. The summed E-state index contributed by atoms with van der Waals surface area (Å²) in [6, 6.07) is 9.48. The molecule has 0 aliphatic carbocycles. The van der Waals surface area contributed by atoms with Crippen molar-refractivity contribution in [1.82, 2.24) is 4.57 Å². The van der Waals surface area contributed by atoms with E-state index in [9.17, 15) is 9.59 Å². The molecule has 1 aliphatic rings. The molecule has 0 amide bonds. The van der Waals surface area contributed by atoms with Gasteiger partial charge in [0.25, 0.3) is 0 Å². The largest absolute Gasteiger partial charge is 0.477 e. The van der Waals surface area contributed by atoms with Crippen molar-refractivity contribution < 1.29 is 9.90 Å². The fourth-order valence-electron chi connectivity index (χ4n) is 2.66. The minimum Gasteiger partial charge on any atom is -0.477 e. The molecular formula is C15H13NO3. The van der Waals surface area contributed by atoms with E-state index in [1.54, 1.807) is 0 Å². The summed E-state index contributed by atoms with van der Waals surface area (Å²) in [4.78, 5) is 22.9. The molecule has 1 aliphatic heterocycles. The van der Waals surface area contributed by atoms with E-state index in [4.69, 9.17) is 5.11 Å². The number of carboxylic acid groups (broad SMARTS) is 1. The van der Waals surface area contributed by atoms with Crippen LogP contribution in [0.1, 0.15) is 28.9 Å². The summed E-state index contributed by atoms with van der Waals surface area (Å²) >= 11 is 0. The topological polar surface area (TPSA) is 59.3 Å². The van der Waals surface area contributed by atoms with E-state index < -0.39 is 11.4 Å². The lowest BCUT2D eigenvalue weighted by Gasteiger charge is -2.28. The molecule has 0 fully saturated rings. The van der Waals surface area contributed by atoms with Crippen molar-refractivity contribution in [1.29, 1.82) is 0 Å². The van der Waals surface area contributed by atoms with Crippen LogP contribution in [0.5, 0.6) is 0 Å². The molecule has 1 N–H and O–H groups in total. The molecule has 0 saturated carbocycles. The summed E-state index contributed by atoms with van der Waals surface area (Å²) < 4.78 is 1.88. The lowest BCUT2D eigenvalue weighted by atomic mass is 9.93. The predicted molar refractivity (Wildman–Crippen MR) is 71.5 cm³/mol. The molecule has 2 aromatic rings. The Balaban J connectivity index is 2.31. The summed E-state index contributed by atoms with van der Waals surface area (Å²) in [5, 5.41) is 9.04. The molecule has 3 rings (SSSR count). The number of pyridine rings is 1. The number of carboxylic acids is 1. The Morgan fingerprint density at radius 3 is 2.84 bits per heavy atom. The van der Waals surface area contributed by atoms with Gasteiger partial charge < -0.3 is 9.67 Å². The first kappa shape index (κ1) is 11.7. The Bertz CT molecular complexity index is 730. The summed E-state index contributed by atoms with van der Waals surface area (Å²) in [5.41, 5.74) is 2.38. The maximum Gasteiger partial charge on any atom is 0.341 e. The third kappa shape index (κ3) is 1.76. The maximum atomic E-state index is 11.9. The van der Waals surface area contributed by atoms with Crippen molar-refractivity contribution in [3.8, 4) is 11.3 Å². The number of carbonyl (C=O) groups is 1. The van der Waals surface area contributed by atoms with Gasteiger partial charge in [-0.2, -0.15) is 0 Å². The van der Waals surface area contributed by atoms with E-state index in [2.05, 4.69) is 0 Å². The van der Waals surface area contributed by atoms with Crippen LogP contribution in [0.2, 0.25) is 0 Å². The Morgan fingerprint density at radius 2 is 2.11 bits per heavy atom. The fraction of sp³-hybridized carbons (Fsp3) is 0.200. The van der Waals surface area contributed by atoms with Crippen LogP contribution in [-0.4, -0.2) is 15.6 Å². The maximum absolute atomic E-state index is 11.9. The number of fused-ring (bicyclic) bond motifs is 3. The molecule has 1 atom stereocenters. The van der Waals surface area contributed by atoms with Gasteiger partial charge in [-0.3, -0.25) is 4.79 Å². The number of hydrogen-bond acceptors (Lipinski definition) is 2. The Labute approximate surface area is 109 Å². The van der Waals surface area contributed by atoms with Gasteiger partial charge in [0.05, 0.1) is 5.69 Å². The van der Waals surface area contributed by atoms with Crippen molar-refractivity contribution in [2.45, 2.75) is 19.4 Å². The van der Waals surface area contributed by atoms with Gasteiger partial charge in [-0.05, 0) is 18.9 Å². The molecule has 4 nitrogen and oxygen atoms in total. The molecule has 0 spiro atoms. The molecule has 1 aromatic carbocycles. The van der Waals surface area contributed by atoms with Crippen LogP contribution in [0.15, 0.2) is 41.3 Å². The van der Waals surface area contributed by atoms with Gasteiger partial charge in [0.2, 0.25) is 0 Å². The second-order valence-electron chi connectivity index (χ2n) is 4.86. The highest BCUT2D eigenvalue weighted by Crippen LogP contribution is 2.33. The van der Waals surface area contributed by atoms with E-state index in [0.29, 0.717) is 0 Å². The summed E-state index contributed by atoms with van der Waals surface area (Å²) in [7, 11) is 0. The van der Waals surface area contributed by atoms with Crippen LogP contribution in [0, 0.1) is 0 Å². The predicted octanol–water partition coefficient (Wildman–Crippen LogP) is 2.33. The number of aromatic carboxylic acids is 1. The van der Waals surface area contributed by atoms with E-state index in [0.717, 1.165) is 17.7 Å². The lowest BCUT2D eigenvalue weighted by Crippen LogP contribution is -2.24. The third-order valence-electron chi connectivity index (χ3n) is 3.59. The first-order valence-corrected chi connectivity index (χ1v) is 6.15. The first-order valence-electron chi connectivity index (χ1n) is 6.15. The van der Waals surface area contributed by atoms with E-state index in [-0.39, 0.29) is 11.6 Å². The van der Waals surface area contributed by atoms with Crippen molar-refractivity contribution in [2.75, 3.05) is 0 Å².